The van der Waals surface area contributed by atoms with E-state index in [0.29, 0.717) is 0 Å². The fraction of sp³-hybridized carbons (Fsp3) is 0.222. The molecule has 0 amide bonds. The van der Waals surface area contributed by atoms with E-state index in [-0.39, 0.29) is 5.78 Å². The van der Waals surface area contributed by atoms with E-state index in [1.54, 1.807) is 0 Å². The first-order chi connectivity index (χ1) is 5.70. The lowest BCUT2D eigenvalue weighted by Crippen LogP contribution is -2.36. The van der Waals surface area contributed by atoms with Crippen molar-refractivity contribution < 1.29 is 4.79 Å². The molecule has 0 fully saturated rings. The second-order valence-corrected chi connectivity index (χ2v) is 2.60. The maximum absolute atomic E-state index is 10.8. The molecule has 0 aliphatic carbocycles. The molecule has 1 atom stereocenters. The zero-order chi connectivity index (χ0) is 8.97. The molecule has 0 spiro atoms. The average Bonchev–Trinajstić information content (AvgIpc) is 2.06. The third-order valence-electron chi connectivity index (χ3n) is 1.53. The Kier molecular flexibility index (Phi) is 2.82. The number of carbonyl (C=O) groups is 1. The molecule has 0 saturated carbocycles. The van der Waals surface area contributed by atoms with Crippen LogP contribution in [0.25, 0.3) is 0 Å². The lowest BCUT2D eigenvalue weighted by Gasteiger charge is -2.10. The van der Waals surface area contributed by atoms with Gasteiger partial charge in [0.05, 0.1) is 0 Å². The van der Waals surface area contributed by atoms with Crippen molar-refractivity contribution in [1.29, 1.82) is 0 Å². The molecule has 1 rings (SSSR count). The summed E-state index contributed by atoms with van der Waals surface area (Å²) < 4.78 is 0. The Balaban J connectivity index is 2.58. The van der Waals surface area contributed by atoms with Gasteiger partial charge in [0.25, 0.3) is 0 Å². The first-order valence-corrected chi connectivity index (χ1v) is 3.78. The average molecular weight is 164 g/mol. The molecular formula is C9H12N2O. The summed E-state index contributed by atoms with van der Waals surface area (Å²) in [5.74, 6) is -0.0705. The normalized spacial score (nSPS) is 12.2. The van der Waals surface area contributed by atoms with E-state index in [4.69, 9.17) is 5.73 Å². The minimum Gasteiger partial charge on any atom is -0.364 e. The van der Waals surface area contributed by atoms with E-state index in [2.05, 4.69) is 5.32 Å². The fourth-order valence-corrected chi connectivity index (χ4v) is 0.816. The van der Waals surface area contributed by atoms with E-state index in [0.717, 1.165) is 5.69 Å². The molecule has 0 aromatic heterocycles. The van der Waals surface area contributed by atoms with Gasteiger partial charge in [0.15, 0.2) is 5.78 Å². The molecule has 1 aromatic carbocycles. The molecule has 0 radical (unpaired) electrons. The van der Waals surface area contributed by atoms with Crippen molar-refractivity contribution in [3.8, 4) is 0 Å². The van der Waals surface area contributed by atoms with Gasteiger partial charge in [-0.05, 0) is 19.1 Å². The van der Waals surface area contributed by atoms with Crippen LogP contribution in [0.3, 0.4) is 0 Å². The van der Waals surface area contributed by atoms with Crippen molar-refractivity contribution in [3.63, 3.8) is 0 Å². The highest BCUT2D eigenvalue weighted by molar-refractivity contribution is 5.83. The second-order valence-electron chi connectivity index (χ2n) is 2.60. The minimum absolute atomic E-state index is 0.0705. The third kappa shape index (κ3) is 2.36. The monoisotopic (exact) mass is 164 g/mol. The fourth-order valence-electron chi connectivity index (χ4n) is 0.816. The summed E-state index contributed by atoms with van der Waals surface area (Å²) in [6.45, 7) is 1.46. The van der Waals surface area contributed by atoms with Crippen LogP contribution in [0.5, 0.6) is 0 Å². The first kappa shape index (κ1) is 8.74. The van der Waals surface area contributed by atoms with E-state index in [1.807, 2.05) is 30.3 Å². The van der Waals surface area contributed by atoms with Crippen molar-refractivity contribution in [3.05, 3.63) is 30.3 Å². The zero-order valence-electron chi connectivity index (χ0n) is 6.95. The number of nitrogens with one attached hydrogen (secondary N) is 1. The lowest BCUT2D eigenvalue weighted by atomic mass is 10.3. The number of carbonyl (C=O) groups excluding carboxylic acids is 1. The molecule has 0 saturated heterocycles. The summed E-state index contributed by atoms with van der Waals surface area (Å²) in [6.07, 6.45) is -0.604. The summed E-state index contributed by atoms with van der Waals surface area (Å²) in [7, 11) is 0. The Labute approximate surface area is 71.6 Å². The lowest BCUT2D eigenvalue weighted by molar-refractivity contribution is -0.117. The largest absolute Gasteiger partial charge is 0.364 e. The summed E-state index contributed by atoms with van der Waals surface area (Å²) in [5.41, 5.74) is 6.35. The number of hydrogen-bond donors (Lipinski definition) is 2. The maximum Gasteiger partial charge on any atom is 0.166 e. The summed E-state index contributed by atoms with van der Waals surface area (Å²) in [4.78, 5) is 10.8. The quantitative estimate of drug-likeness (QED) is 0.654. The number of rotatable bonds is 3. The van der Waals surface area contributed by atoms with Crippen molar-refractivity contribution >= 4 is 11.5 Å². The first-order valence-electron chi connectivity index (χ1n) is 3.78. The standard InChI is InChI=1S/C9H12N2O/c1-7(12)9(10)11-8-5-3-2-4-6-8/h2-6,9,11H,10H2,1H3. The van der Waals surface area contributed by atoms with E-state index in [1.165, 1.54) is 6.92 Å². The van der Waals surface area contributed by atoms with Crippen molar-refractivity contribution in [2.24, 2.45) is 5.73 Å². The number of anilines is 1. The van der Waals surface area contributed by atoms with Crippen LogP contribution in [0.1, 0.15) is 6.92 Å². The number of hydrogen-bond acceptors (Lipinski definition) is 3. The summed E-state index contributed by atoms with van der Waals surface area (Å²) in [6, 6.07) is 9.40. The van der Waals surface area contributed by atoms with Gasteiger partial charge in [-0.25, -0.2) is 0 Å². The van der Waals surface area contributed by atoms with Gasteiger partial charge in [0.2, 0.25) is 0 Å². The van der Waals surface area contributed by atoms with Gasteiger partial charge in [0.1, 0.15) is 6.17 Å². The molecule has 0 heterocycles. The van der Waals surface area contributed by atoms with Crippen LogP contribution in [0.4, 0.5) is 5.69 Å². The highest BCUT2D eigenvalue weighted by Crippen LogP contribution is 2.05. The maximum atomic E-state index is 10.8. The summed E-state index contributed by atoms with van der Waals surface area (Å²) in [5, 5.41) is 2.87. The van der Waals surface area contributed by atoms with Crippen LogP contribution in [0.15, 0.2) is 30.3 Å². The van der Waals surface area contributed by atoms with Crippen LogP contribution in [-0.4, -0.2) is 11.9 Å². The Hall–Kier alpha value is -1.35. The molecule has 64 valence electrons. The second kappa shape index (κ2) is 3.88. The molecule has 0 aliphatic rings. The molecule has 3 N–H and O–H groups in total. The Morgan fingerprint density at radius 1 is 1.42 bits per heavy atom. The van der Waals surface area contributed by atoms with Crippen LogP contribution in [0.2, 0.25) is 0 Å². The molecule has 0 aliphatic heterocycles. The number of benzene rings is 1. The van der Waals surface area contributed by atoms with Gasteiger partial charge in [-0.1, -0.05) is 18.2 Å². The van der Waals surface area contributed by atoms with Gasteiger partial charge >= 0.3 is 0 Å². The van der Waals surface area contributed by atoms with Crippen LogP contribution < -0.4 is 11.1 Å². The number of para-hydroxylation sites is 1. The van der Waals surface area contributed by atoms with Gasteiger partial charge < -0.3 is 11.1 Å². The van der Waals surface area contributed by atoms with Crippen molar-refractivity contribution in [2.45, 2.75) is 13.1 Å². The molecule has 3 heteroatoms. The van der Waals surface area contributed by atoms with Gasteiger partial charge in [-0.3, -0.25) is 4.79 Å². The van der Waals surface area contributed by atoms with Crippen LogP contribution in [0, 0.1) is 0 Å². The minimum atomic E-state index is -0.604. The number of Topliss-reactive ketones (excluding diaryl/α,β-unsaturated/α-hetero) is 1. The smallest absolute Gasteiger partial charge is 0.166 e. The number of nitrogens with two attached hydrogens (primary N) is 1. The predicted octanol–water partition coefficient (Wildman–Crippen LogP) is 0.972. The van der Waals surface area contributed by atoms with E-state index >= 15 is 0 Å². The predicted molar refractivity (Wildman–Crippen MR) is 48.7 cm³/mol. The van der Waals surface area contributed by atoms with Gasteiger partial charge in [-0.2, -0.15) is 0 Å². The molecule has 0 bridgehead atoms. The molecule has 3 nitrogen and oxygen atoms in total. The molecule has 12 heavy (non-hydrogen) atoms. The number of ketones is 1. The van der Waals surface area contributed by atoms with Crippen molar-refractivity contribution in [2.75, 3.05) is 5.32 Å². The highest BCUT2D eigenvalue weighted by Gasteiger charge is 2.05. The molecular weight excluding hydrogens is 152 g/mol. The van der Waals surface area contributed by atoms with Crippen LogP contribution >= 0.6 is 0 Å². The Morgan fingerprint density at radius 3 is 2.50 bits per heavy atom. The SMILES string of the molecule is CC(=O)C(N)Nc1ccccc1. The van der Waals surface area contributed by atoms with E-state index < -0.39 is 6.17 Å². The Bertz CT molecular complexity index is 258. The van der Waals surface area contributed by atoms with Gasteiger partial charge in [0, 0.05) is 5.69 Å². The van der Waals surface area contributed by atoms with Gasteiger partial charge in [-0.15, -0.1) is 0 Å². The topological polar surface area (TPSA) is 55.1 Å². The molecule has 1 unspecified atom stereocenters. The zero-order valence-corrected chi connectivity index (χ0v) is 6.95. The molecule has 1 aromatic rings. The summed E-state index contributed by atoms with van der Waals surface area (Å²) >= 11 is 0. The Morgan fingerprint density at radius 2 is 2.00 bits per heavy atom. The van der Waals surface area contributed by atoms with E-state index in [9.17, 15) is 4.79 Å². The van der Waals surface area contributed by atoms with Crippen molar-refractivity contribution in [1.82, 2.24) is 0 Å². The highest BCUT2D eigenvalue weighted by atomic mass is 16.1. The van der Waals surface area contributed by atoms with Crippen LogP contribution in [-0.2, 0) is 4.79 Å². The third-order valence-corrected chi connectivity index (χ3v) is 1.53.